The number of hydrogen-bond acceptors (Lipinski definition) is 8. The Labute approximate surface area is 185 Å². The summed E-state index contributed by atoms with van der Waals surface area (Å²) in [6.45, 7) is 8.51. The van der Waals surface area contributed by atoms with Gasteiger partial charge in [0, 0.05) is 58.6 Å². The van der Waals surface area contributed by atoms with Gasteiger partial charge in [0.05, 0.1) is 18.5 Å². The van der Waals surface area contributed by atoms with Crippen LogP contribution < -0.4 is 15.4 Å². The lowest BCUT2D eigenvalue weighted by Crippen LogP contribution is -2.49. The fourth-order valence-electron chi connectivity index (χ4n) is 4.18. The molecule has 32 heavy (non-hydrogen) atoms. The van der Waals surface area contributed by atoms with E-state index in [-0.39, 0.29) is 11.7 Å². The summed E-state index contributed by atoms with van der Waals surface area (Å²) in [5, 5.41) is 10.3. The molecule has 11 nitrogen and oxygen atoms in total. The number of aromatic hydroxyl groups is 1. The first-order chi connectivity index (χ1) is 15.2. The quantitative estimate of drug-likeness (QED) is 0.682. The van der Waals surface area contributed by atoms with Crippen molar-refractivity contribution in [1.82, 2.24) is 19.2 Å². The van der Waals surface area contributed by atoms with Crippen molar-refractivity contribution in [3.8, 4) is 5.75 Å². The number of nitrogens with zero attached hydrogens (tertiary/aromatic N) is 6. The largest absolute Gasteiger partial charge is 0.501 e. The summed E-state index contributed by atoms with van der Waals surface area (Å²) in [4.78, 5) is 49.7. The molecule has 172 valence electrons. The minimum Gasteiger partial charge on any atom is -0.501 e. The van der Waals surface area contributed by atoms with E-state index in [1.165, 1.54) is 9.30 Å². The lowest BCUT2D eigenvalue weighted by molar-refractivity contribution is 0.0590. The van der Waals surface area contributed by atoms with E-state index in [1.54, 1.807) is 18.1 Å². The Balaban J connectivity index is 1.87. The van der Waals surface area contributed by atoms with Gasteiger partial charge in [0.15, 0.2) is 11.3 Å². The average molecular weight is 444 g/mol. The molecule has 0 aliphatic carbocycles. The van der Waals surface area contributed by atoms with Gasteiger partial charge in [0.1, 0.15) is 0 Å². The van der Waals surface area contributed by atoms with Gasteiger partial charge in [0.25, 0.3) is 0 Å². The maximum atomic E-state index is 13.0. The van der Waals surface area contributed by atoms with Crippen LogP contribution in [-0.4, -0.2) is 95.8 Å². The molecule has 2 aliphatic rings. The molecule has 0 bridgehead atoms. The molecule has 0 aromatic carbocycles. The van der Waals surface area contributed by atoms with Gasteiger partial charge >= 0.3 is 17.6 Å². The Bertz CT molecular complexity index is 1120. The van der Waals surface area contributed by atoms with Gasteiger partial charge in [-0.1, -0.05) is 0 Å². The molecule has 0 spiro atoms. The Morgan fingerprint density at radius 3 is 2.38 bits per heavy atom. The number of esters is 1. The summed E-state index contributed by atoms with van der Waals surface area (Å²) in [6, 6.07) is 2.04. The molecule has 0 saturated carbocycles. The highest BCUT2D eigenvalue weighted by Crippen LogP contribution is 2.30. The van der Waals surface area contributed by atoms with Crippen LogP contribution in [0.25, 0.3) is 5.65 Å². The summed E-state index contributed by atoms with van der Waals surface area (Å²) in [6.07, 6.45) is 1.60. The molecule has 2 aromatic heterocycles. The molecule has 4 heterocycles. The zero-order valence-corrected chi connectivity index (χ0v) is 18.7. The van der Waals surface area contributed by atoms with Gasteiger partial charge in [-0.05, 0) is 19.9 Å². The smallest absolute Gasteiger partial charge is 0.360 e. The minimum atomic E-state index is -0.924. The highest BCUT2D eigenvalue weighted by Gasteiger charge is 2.31. The lowest BCUT2D eigenvalue weighted by Gasteiger charge is -2.38. The number of urea groups is 1. The SMILES string of the molecule is COC(=O)c1nc2c(N3CCN(C)C3=O)cc(N3CCN(C(C)C)CC3)cn2c(=O)c1O. The maximum Gasteiger partial charge on any atom is 0.360 e. The van der Waals surface area contributed by atoms with Crippen LogP contribution in [0.2, 0.25) is 0 Å². The van der Waals surface area contributed by atoms with Crippen molar-refractivity contribution >= 4 is 29.0 Å². The number of carbonyl (C=O) groups is 2. The molecule has 0 atom stereocenters. The maximum absolute atomic E-state index is 13.0. The van der Waals surface area contributed by atoms with Gasteiger partial charge in [0.2, 0.25) is 5.75 Å². The third kappa shape index (κ3) is 3.62. The fraction of sp³-hybridized carbons (Fsp3) is 0.524. The van der Waals surface area contributed by atoms with E-state index < -0.39 is 23.0 Å². The van der Waals surface area contributed by atoms with Gasteiger partial charge in [-0.2, -0.15) is 0 Å². The van der Waals surface area contributed by atoms with Crippen molar-refractivity contribution in [3.05, 3.63) is 28.3 Å². The lowest BCUT2D eigenvalue weighted by atomic mass is 10.2. The summed E-state index contributed by atoms with van der Waals surface area (Å²) >= 11 is 0. The van der Waals surface area contributed by atoms with E-state index in [9.17, 15) is 19.5 Å². The number of carbonyl (C=O) groups excluding carboxylic acids is 2. The van der Waals surface area contributed by atoms with Crippen LogP contribution in [0.4, 0.5) is 16.2 Å². The summed E-state index contributed by atoms with van der Waals surface area (Å²) in [5.41, 5.74) is -0.00412. The Morgan fingerprint density at radius 1 is 1.12 bits per heavy atom. The summed E-state index contributed by atoms with van der Waals surface area (Å²) in [7, 11) is 2.84. The Morgan fingerprint density at radius 2 is 1.81 bits per heavy atom. The first-order valence-corrected chi connectivity index (χ1v) is 10.6. The van der Waals surface area contributed by atoms with Gasteiger partial charge < -0.3 is 19.6 Å². The standard InChI is InChI=1S/C21H28N6O5/c1-13(2)24-6-8-25(9-7-24)14-11-15(26-10-5-23(3)21(26)31)18-22-16(20(30)32-4)17(28)19(29)27(18)12-14/h11-13,28H,5-10H2,1-4H3. The van der Waals surface area contributed by atoms with E-state index in [0.717, 1.165) is 39.0 Å². The predicted octanol–water partition coefficient (Wildman–Crippen LogP) is 0.589. The Hall–Kier alpha value is -3.34. The van der Waals surface area contributed by atoms with E-state index >= 15 is 0 Å². The van der Waals surface area contributed by atoms with Crippen LogP contribution in [0.15, 0.2) is 17.1 Å². The van der Waals surface area contributed by atoms with E-state index in [4.69, 9.17) is 0 Å². The monoisotopic (exact) mass is 444 g/mol. The van der Waals surface area contributed by atoms with Crippen LogP contribution in [0.5, 0.6) is 5.75 Å². The zero-order chi connectivity index (χ0) is 23.2. The second kappa shape index (κ2) is 8.30. The van der Waals surface area contributed by atoms with Crippen LogP contribution in [0.1, 0.15) is 24.3 Å². The molecule has 2 fully saturated rings. The second-order valence-corrected chi connectivity index (χ2v) is 8.36. The summed E-state index contributed by atoms with van der Waals surface area (Å²) < 4.78 is 5.86. The molecular weight excluding hydrogens is 416 g/mol. The molecule has 1 N–H and O–H groups in total. The van der Waals surface area contributed by atoms with Gasteiger partial charge in [-0.15, -0.1) is 0 Å². The molecular formula is C21H28N6O5. The first kappa shape index (κ1) is 21.9. The number of pyridine rings is 1. The number of likely N-dealkylation sites (N-methyl/N-ethyl adjacent to an activating group) is 1. The van der Waals surface area contributed by atoms with Crippen molar-refractivity contribution in [1.29, 1.82) is 0 Å². The molecule has 2 amide bonds. The predicted molar refractivity (Wildman–Crippen MR) is 119 cm³/mol. The highest BCUT2D eigenvalue weighted by atomic mass is 16.5. The number of anilines is 2. The zero-order valence-electron chi connectivity index (χ0n) is 18.7. The third-order valence-corrected chi connectivity index (χ3v) is 6.16. The molecule has 0 unspecified atom stereocenters. The van der Waals surface area contributed by atoms with Crippen LogP contribution in [0.3, 0.4) is 0 Å². The number of methoxy groups -OCH3 is 1. The number of piperazine rings is 1. The molecule has 4 rings (SSSR count). The first-order valence-electron chi connectivity index (χ1n) is 10.6. The van der Waals surface area contributed by atoms with E-state index in [0.29, 0.717) is 24.8 Å². The number of ether oxygens (including phenoxy) is 1. The molecule has 2 aliphatic heterocycles. The minimum absolute atomic E-state index is 0.112. The molecule has 11 heteroatoms. The fourth-order valence-corrected chi connectivity index (χ4v) is 4.18. The van der Waals surface area contributed by atoms with Crippen molar-refractivity contribution in [2.45, 2.75) is 19.9 Å². The van der Waals surface area contributed by atoms with E-state index in [1.807, 2.05) is 6.07 Å². The normalized spacial score (nSPS) is 17.7. The van der Waals surface area contributed by atoms with Crippen molar-refractivity contribution in [2.24, 2.45) is 0 Å². The summed E-state index contributed by atoms with van der Waals surface area (Å²) in [5.74, 6) is -1.71. The Kier molecular flexibility index (Phi) is 5.68. The second-order valence-electron chi connectivity index (χ2n) is 8.36. The number of aromatic nitrogens is 2. The van der Waals surface area contributed by atoms with Crippen LogP contribution in [0, 0.1) is 0 Å². The molecule has 0 radical (unpaired) electrons. The van der Waals surface area contributed by atoms with Crippen molar-refractivity contribution in [2.75, 3.05) is 63.2 Å². The van der Waals surface area contributed by atoms with Gasteiger partial charge in [-0.25, -0.2) is 14.6 Å². The number of fused-ring (bicyclic) bond motifs is 1. The van der Waals surface area contributed by atoms with Crippen molar-refractivity contribution in [3.63, 3.8) is 0 Å². The number of rotatable bonds is 4. The van der Waals surface area contributed by atoms with E-state index in [2.05, 4.69) is 33.4 Å². The number of hydrogen-bond donors (Lipinski definition) is 1. The third-order valence-electron chi connectivity index (χ3n) is 6.16. The number of amides is 2. The van der Waals surface area contributed by atoms with Gasteiger partial charge in [-0.3, -0.25) is 19.0 Å². The topological polar surface area (TPSA) is 111 Å². The van der Waals surface area contributed by atoms with Crippen LogP contribution >= 0.6 is 0 Å². The average Bonchev–Trinajstić information content (AvgIpc) is 3.13. The van der Waals surface area contributed by atoms with Crippen LogP contribution in [-0.2, 0) is 4.74 Å². The highest BCUT2D eigenvalue weighted by molar-refractivity contribution is 5.99. The molecule has 2 saturated heterocycles. The molecule has 2 aromatic rings. The van der Waals surface area contributed by atoms with Crippen molar-refractivity contribution < 1.29 is 19.4 Å².